The summed E-state index contributed by atoms with van der Waals surface area (Å²) in [6, 6.07) is 5.96. The van der Waals surface area contributed by atoms with Gasteiger partial charge in [0.05, 0.1) is 5.69 Å². The summed E-state index contributed by atoms with van der Waals surface area (Å²) in [7, 11) is 0. The van der Waals surface area contributed by atoms with Crippen molar-refractivity contribution in [3.63, 3.8) is 0 Å². The average molecular weight is 247 g/mol. The van der Waals surface area contributed by atoms with Crippen molar-refractivity contribution in [1.29, 1.82) is 0 Å². The highest BCUT2D eigenvalue weighted by molar-refractivity contribution is 5.62. The fourth-order valence-electron chi connectivity index (χ4n) is 1.69. The number of nitrogens with zero attached hydrogens (tertiary/aromatic N) is 2. The van der Waals surface area contributed by atoms with Gasteiger partial charge in [0.1, 0.15) is 12.1 Å². The number of nitrogens with one attached hydrogen (secondary N) is 1. The van der Waals surface area contributed by atoms with Gasteiger partial charge >= 0.3 is 0 Å². The lowest BCUT2D eigenvalue weighted by Crippen LogP contribution is -2.03. The molecule has 3 nitrogen and oxygen atoms in total. The van der Waals surface area contributed by atoms with Gasteiger partial charge in [-0.05, 0) is 31.0 Å². The zero-order chi connectivity index (χ0) is 12.5. The maximum atomic E-state index is 13.2. The summed E-state index contributed by atoms with van der Waals surface area (Å²) >= 11 is 0. The Morgan fingerprint density at radius 3 is 2.61 bits per heavy atom. The first kappa shape index (κ1) is 11.1. The summed E-state index contributed by atoms with van der Waals surface area (Å²) in [5, 5.41) is 3.23. The second-order valence-electron chi connectivity index (χ2n) is 4.34. The Balaban J connectivity index is 1.92. The fraction of sp³-hybridized carbons (Fsp3) is 0.231. The highest BCUT2D eigenvalue weighted by Crippen LogP contribution is 2.26. The number of benzene rings is 1. The molecule has 0 radical (unpaired) electrons. The van der Waals surface area contributed by atoms with Crippen LogP contribution in [0.5, 0.6) is 0 Å². The number of hydrogen-bond donors (Lipinski definition) is 1. The van der Waals surface area contributed by atoms with Crippen molar-refractivity contribution in [2.75, 3.05) is 5.32 Å². The molecule has 2 aromatic rings. The Morgan fingerprint density at radius 1 is 1.06 bits per heavy atom. The van der Waals surface area contributed by atoms with Gasteiger partial charge in [-0.15, -0.1) is 0 Å². The van der Waals surface area contributed by atoms with Crippen LogP contribution in [0, 0.1) is 11.6 Å². The molecule has 0 amide bonds. The van der Waals surface area contributed by atoms with Gasteiger partial charge in [0.25, 0.3) is 0 Å². The van der Waals surface area contributed by atoms with Gasteiger partial charge in [0.2, 0.25) is 0 Å². The van der Waals surface area contributed by atoms with E-state index in [-0.39, 0.29) is 0 Å². The second kappa shape index (κ2) is 4.33. The highest BCUT2D eigenvalue weighted by Gasteiger charge is 2.21. The zero-order valence-corrected chi connectivity index (χ0v) is 9.53. The molecule has 1 saturated carbocycles. The van der Waals surface area contributed by atoms with E-state index in [4.69, 9.17) is 0 Å². The maximum absolute atomic E-state index is 13.2. The minimum Gasteiger partial charge on any atom is -0.367 e. The highest BCUT2D eigenvalue weighted by atomic mass is 19.2. The van der Waals surface area contributed by atoms with Gasteiger partial charge in [0, 0.05) is 17.7 Å². The fourth-order valence-corrected chi connectivity index (χ4v) is 1.69. The molecule has 3 rings (SSSR count). The molecule has 5 heteroatoms. The Morgan fingerprint density at radius 2 is 1.89 bits per heavy atom. The molecule has 1 N–H and O–H groups in total. The lowest BCUT2D eigenvalue weighted by atomic mass is 10.1. The summed E-state index contributed by atoms with van der Waals surface area (Å²) in [5.41, 5.74) is 1.11. The third-order valence-electron chi connectivity index (χ3n) is 2.81. The largest absolute Gasteiger partial charge is 0.367 e. The normalized spacial score (nSPS) is 14.6. The molecule has 18 heavy (non-hydrogen) atoms. The Hall–Kier alpha value is -2.04. The van der Waals surface area contributed by atoms with Crippen LogP contribution in [0.1, 0.15) is 12.8 Å². The van der Waals surface area contributed by atoms with Crippen molar-refractivity contribution < 1.29 is 8.78 Å². The molecule has 1 aliphatic carbocycles. The van der Waals surface area contributed by atoms with E-state index in [1.807, 2.05) is 0 Å². The van der Waals surface area contributed by atoms with E-state index in [1.54, 1.807) is 6.07 Å². The van der Waals surface area contributed by atoms with Crippen LogP contribution in [0.3, 0.4) is 0 Å². The molecule has 1 fully saturated rings. The van der Waals surface area contributed by atoms with Crippen molar-refractivity contribution in [3.8, 4) is 11.3 Å². The Bertz CT molecular complexity index is 582. The standard InChI is InChI=1S/C13H11F2N3/c14-10-4-1-8(5-11(10)15)12-6-13(17-7-16-12)18-9-2-3-9/h1,4-7,9H,2-3H2,(H,16,17,18). The molecule has 0 unspecified atom stereocenters. The predicted molar refractivity (Wildman–Crippen MR) is 64.0 cm³/mol. The third kappa shape index (κ3) is 2.30. The van der Waals surface area contributed by atoms with Gasteiger partial charge in [-0.1, -0.05) is 0 Å². The molecular weight excluding hydrogens is 236 g/mol. The number of anilines is 1. The van der Waals surface area contributed by atoms with E-state index < -0.39 is 11.6 Å². The molecule has 0 spiro atoms. The van der Waals surface area contributed by atoms with Gasteiger partial charge in [-0.2, -0.15) is 0 Å². The Labute approximate surface area is 103 Å². The minimum atomic E-state index is -0.872. The van der Waals surface area contributed by atoms with Crippen LogP contribution in [0.2, 0.25) is 0 Å². The molecule has 0 saturated heterocycles. The quantitative estimate of drug-likeness (QED) is 0.906. The number of halogens is 2. The predicted octanol–water partition coefficient (Wildman–Crippen LogP) is 3.00. The molecule has 1 aromatic heterocycles. The number of aromatic nitrogens is 2. The lowest BCUT2D eigenvalue weighted by Gasteiger charge is -2.05. The molecule has 0 aliphatic heterocycles. The van der Waals surface area contributed by atoms with Crippen LogP contribution in [-0.4, -0.2) is 16.0 Å². The van der Waals surface area contributed by atoms with Crippen molar-refractivity contribution in [2.45, 2.75) is 18.9 Å². The minimum absolute atomic E-state index is 0.484. The summed E-state index contributed by atoms with van der Waals surface area (Å²) in [6.45, 7) is 0. The molecule has 1 aromatic carbocycles. The molecule has 1 heterocycles. The SMILES string of the molecule is Fc1ccc(-c2cc(NC3CC3)ncn2)cc1F. The third-order valence-corrected chi connectivity index (χ3v) is 2.81. The average Bonchev–Trinajstić information content (AvgIpc) is 3.17. The molecule has 0 bridgehead atoms. The van der Waals surface area contributed by atoms with Crippen LogP contribution in [-0.2, 0) is 0 Å². The van der Waals surface area contributed by atoms with Gasteiger partial charge in [0.15, 0.2) is 11.6 Å². The summed E-state index contributed by atoms with van der Waals surface area (Å²) in [6.07, 6.45) is 3.70. The van der Waals surface area contributed by atoms with Gasteiger partial charge < -0.3 is 5.32 Å². The van der Waals surface area contributed by atoms with Crippen molar-refractivity contribution in [1.82, 2.24) is 9.97 Å². The summed E-state index contributed by atoms with van der Waals surface area (Å²) in [5.74, 6) is -1.01. The lowest BCUT2D eigenvalue weighted by molar-refractivity contribution is 0.509. The second-order valence-corrected chi connectivity index (χ2v) is 4.34. The first-order valence-electron chi connectivity index (χ1n) is 5.76. The van der Waals surface area contributed by atoms with E-state index >= 15 is 0 Å². The van der Waals surface area contributed by atoms with Crippen molar-refractivity contribution in [2.24, 2.45) is 0 Å². The van der Waals surface area contributed by atoms with Crippen LogP contribution < -0.4 is 5.32 Å². The monoisotopic (exact) mass is 247 g/mol. The van der Waals surface area contributed by atoms with E-state index in [0.29, 0.717) is 23.1 Å². The van der Waals surface area contributed by atoms with Crippen LogP contribution in [0.4, 0.5) is 14.6 Å². The zero-order valence-electron chi connectivity index (χ0n) is 9.53. The Kier molecular flexibility index (Phi) is 2.66. The van der Waals surface area contributed by atoms with Crippen LogP contribution >= 0.6 is 0 Å². The van der Waals surface area contributed by atoms with E-state index in [9.17, 15) is 8.78 Å². The maximum Gasteiger partial charge on any atom is 0.159 e. The summed E-state index contributed by atoms with van der Waals surface area (Å²) in [4.78, 5) is 8.16. The van der Waals surface area contributed by atoms with E-state index in [2.05, 4.69) is 15.3 Å². The molecule has 1 aliphatic rings. The first-order valence-corrected chi connectivity index (χ1v) is 5.76. The summed E-state index contributed by atoms with van der Waals surface area (Å²) < 4.78 is 26.0. The van der Waals surface area contributed by atoms with E-state index in [0.717, 1.165) is 25.0 Å². The molecule has 92 valence electrons. The van der Waals surface area contributed by atoms with Gasteiger partial charge in [-0.25, -0.2) is 18.7 Å². The van der Waals surface area contributed by atoms with Crippen molar-refractivity contribution >= 4 is 5.82 Å². The molecule has 0 atom stereocenters. The van der Waals surface area contributed by atoms with Crippen LogP contribution in [0.25, 0.3) is 11.3 Å². The smallest absolute Gasteiger partial charge is 0.159 e. The van der Waals surface area contributed by atoms with E-state index in [1.165, 1.54) is 12.4 Å². The van der Waals surface area contributed by atoms with Gasteiger partial charge in [-0.3, -0.25) is 0 Å². The number of hydrogen-bond acceptors (Lipinski definition) is 3. The number of rotatable bonds is 3. The molecular formula is C13H11F2N3. The topological polar surface area (TPSA) is 37.8 Å². The first-order chi connectivity index (χ1) is 8.72. The van der Waals surface area contributed by atoms with Crippen molar-refractivity contribution in [3.05, 3.63) is 42.2 Å². The van der Waals surface area contributed by atoms with Crippen LogP contribution in [0.15, 0.2) is 30.6 Å².